The van der Waals surface area contributed by atoms with Crippen LogP contribution in [0.5, 0.6) is 5.75 Å². The van der Waals surface area contributed by atoms with Crippen LogP contribution >= 0.6 is 0 Å². The lowest BCUT2D eigenvalue weighted by atomic mass is 10.1. The van der Waals surface area contributed by atoms with Crippen molar-refractivity contribution in [2.24, 2.45) is 4.99 Å². The molecule has 1 aliphatic heterocycles. The van der Waals surface area contributed by atoms with Crippen molar-refractivity contribution in [3.05, 3.63) is 53.9 Å². The molecule has 1 N–H and O–H groups in total. The molecule has 2 heterocycles. The van der Waals surface area contributed by atoms with Gasteiger partial charge in [-0.25, -0.2) is 0 Å². The van der Waals surface area contributed by atoms with Gasteiger partial charge in [0.15, 0.2) is 5.96 Å². The number of nitrogens with zero attached hydrogens (tertiary/aromatic N) is 4. The number of aromatic nitrogens is 1. The first-order valence-electron chi connectivity index (χ1n) is 9.45. The number of benzene rings is 1. The highest BCUT2D eigenvalue weighted by atomic mass is 16.5. The second kappa shape index (κ2) is 9.26. The van der Waals surface area contributed by atoms with Crippen LogP contribution in [0.1, 0.15) is 11.1 Å². The Balaban J connectivity index is 1.49. The third-order valence-corrected chi connectivity index (χ3v) is 5.04. The quantitative estimate of drug-likeness (QED) is 0.649. The van der Waals surface area contributed by atoms with Gasteiger partial charge >= 0.3 is 0 Å². The van der Waals surface area contributed by atoms with E-state index in [2.05, 4.69) is 50.2 Å². The summed E-state index contributed by atoms with van der Waals surface area (Å²) in [5.41, 5.74) is 3.81. The van der Waals surface area contributed by atoms with E-state index in [0.29, 0.717) is 0 Å². The predicted molar refractivity (Wildman–Crippen MR) is 111 cm³/mol. The standard InChI is InChI=1S/C21H29N5O/c1-17-16-23-10-8-18(17)9-11-24-21(22-2)26-14-12-25(13-15-26)19-4-6-20(27-3)7-5-19/h4-8,10,16H,9,11-15H2,1-3H3,(H,22,24). The Morgan fingerprint density at radius 1 is 1.15 bits per heavy atom. The van der Waals surface area contributed by atoms with Gasteiger partial charge in [-0.05, 0) is 54.8 Å². The number of nitrogens with one attached hydrogen (secondary N) is 1. The number of piperazine rings is 1. The number of aliphatic imine (C=N–C) groups is 1. The second-order valence-electron chi connectivity index (χ2n) is 6.70. The molecule has 0 bridgehead atoms. The first kappa shape index (κ1) is 19.0. The van der Waals surface area contributed by atoms with Crippen molar-refractivity contribution in [1.29, 1.82) is 0 Å². The van der Waals surface area contributed by atoms with Crippen LogP contribution in [0.15, 0.2) is 47.7 Å². The first-order chi connectivity index (χ1) is 13.2. The zero-order valence-electron chi connectivity index (χ0n) is 16.5. The number of rotatable bonds is 5. The molecular weight excluding hydrogens is 338 g/mol. The minimum Gasteiger partial charge on any atom is -0.497 e. The number of guanidine groups is 1. The Hall–Kier alpha value is -2.76. The minimum absolute atomic E-state index is 0.871. The molecule has 0 spiro atoms. The summed E-state index contributed by atoms with van der Waals surface area (Å²) < 4.78 is 5.24. The largest absolute Gasteiger partial charge is 0.497 e. The van der Waals surface area contributed by atoms with Crippen molar-refractivity contribution in [2.45, 2.75) is 13.3 Å². The number of methoxy groups -OCH3 is 1. The lowest BCUT2D eigenvalue weighted by Crippen LogP contribution is -2.52. The Labute approximate surface area is 161 Å². The molecule has 0 saturated carbocycles. The van der Waals surface area contributed by atoms with E-state index in [1.807, 2.05) is 31.6 Å². The number of aryl methyl sites for hydroxylation is 1. The summed E-state index contributed by atoms with van der Waals surface area (Å²) in [5, 5.41) is 3.50. The number of anilines is 1. The third-order valence-electron chi connectivity index (χ3n) is 5.04. The molecule has 0 unspecified atom stereocenters. The molecule has 0 aliphatic carbocycles. The van der Waals surface area contributed by atoms with Crippen LogP contribution in [0.4, 0.5) is 5.69 Å². The van der Waals surface area contributed by atoms with E-state index in [9.17, 15) is 0 Å². The predicted octanol–water partition coefficient (Wildman–Crippen LogP) is 2.34. The zero-order valence-corrected chi connectivity index (χ0v) is 16.5. The maximum atomic E-state index is 5.24. The summed E-state index contributed by atoms with van der Waals surface area (Å²) >= 11 is 0. The van der Waals surface area contributed by atoms with Crippen LogP contribution < -0.4 is 15.0 Å². The van der Waals surface area contributed by atoms with Crippen LogP contribution in [0, 0.1) is 6.92 Å². The smallest absolute Gasteiger partial charge is 0.193 e. The Bertz CT molecular complexity index is 751. The van der Waals surface area contributed by atoms with Gasteiger partial charge in [-0.3, -0.25) is 9.98 Å². The van der Waals surface area contributed by atoms with Gasteiger partial charge in [0.05, 0.1) is 7.11 Å². The maximum absolute atomic E-state index is 5.24. The molecule has 1 aromatic heterocycles. The fraction of sp³-hybridized carbons (Fsp3) is 0.429. The molecule has 6 heteroatoms. The molecule has 1 aliphatic rings. The lowest BCUT2D eigenvalue weighted by molar-refractivity contribution is 0.373. The summed E-state index contributed by atoms with van der Waals surface area (Å²) in [4.78, 5) is 13.4. The van der Waals surface area contributed by atoms with Crippen LogP contribution in [0.2, 0.25) is 0 Å². The minimum atomic E-state index is 0.871. The van der Waals surface area contributed by atoms with E-state index < -0.39 is 0 Å². The van der Waals surface area contributed by atoms with E-state index in [-0.39, 0.29) is 0 Å². The Morgan fingerprint density at radius 2 is 1.89 bits per heavy atom. The van der Waals surface area contributed by atoms with Gasteiger partial charge in [-0.1, -0.05) is 0 Å². The molecule has 6 nitrogen and oxygen atoms in total. The van der Waals surface area contributed by atoms with Gasteiger partial charge in [-0.2, -0.15) is 0 Å². The monoisotopic (exact) mass is 367 g/mol. The molecular formula is C21H29N5O. The zero-order chi connectivity index (χ0) is 19.1. The Morgan fingerprint density at radius 3 is 2.52 bits per heavy atom. The van der Waals surface area contributed by atoms with Gasteiger partial charge in [0, 0.05) is 57.9 Å². The van der Waals surface area contributed by atoms with E-state index in [1.165, 1.54) is 16.8 Å². The topological polar surface area (TPSA) is 53.0 Å². The van der Waals surface area contributed by atoms with Crippen LogP contribution in [0.25, 0.3) is 0 Å². The molecule has 0 amide bonds. The SMILES string of the molecule is CN=C(NCCc1ccncc1C)N1CCN(c2ccc(OC)cc2)CC1. The van der Waals surface area contributed by atoms with Crippen molar-refractivity contribution in [3.63, 3.8) is 0 Å². The van der Waals surface area contributed by atoms with Crippen molar-refractivity contribution in [2.75, 3.05) is 51.8 Å². The van der Waals surface area contributed by atoms with Crippen molar-refractivity contribution < 1.29 is 4.74 Å². The number of hydrogen-bond acceptors (Lipinski definition) is 4. The average molecular weight is 367 g/mol. The van der Waals surface area contributed by atoms with Gasteiger partial charge in [-0.15, -0.1) is 0 Å². The molecule has 2 aromatic rings. The number of ether oxygens (including phenoxy) is 1. The number of pyridine rings is 1. The molecule has 3 rings (SSSR count). The number of hydrogen-bond donors (Lipinski definition) is 1. The van der Waals surface area contributed by atoms with E-state index in [1.54, 1.807) is 7.11 Å². The summed E-state index contributed by atoms with van der Waals surface area (Å²) in [6.07, 6.45) is 4.75. The molecule has 144 valence electrons. The second-order valence-corrected chi connectivity index (χ2v) is 6.70. The fourth-order valence-electron chi connectivity index (χ4n) is 3.39. The average Bonchev–Trinajstić information content (AvgIpc) is 2.73. The van der Waals surface area contributed by atoms with Crippen LogP contribution in [0.3, 0.4) is 0 Å². The highest BCUT2D eigenvalue weighted by molar-refractivity contribution is 5.80. The third kappa shape index (κ3) is 4.90. The van der Waals surface area contributed by atoms with E-state index in [0.717, 1.165) is 50.9 Å². The van der Waals surface area contributed by atoms with Gasteiger partial charge < -0.3 is 19.9 Å². The molecule has 1 aromatic carbocycles. The van der Waals surface area contributed by atoms with Gasteiger partial charge in [0.25, 0.3) is 0 Å². The maximum Gasteiger partial charge on any atom is 0.193 e. The van der Waals surface area contributed by atoms with Crippen LogP contribution in [-0.2, 0) is 6.42 Å². The molecule has 0 radical (unpaired) electrons. The van der Waals surface area contributed by atoms with Crippen molar-refractivity contribution in [3.8, 4) is 5.75 Å². The summed E-state index contributed by atoms with van der Waals surface area (Å²) in [7, 11) is 3.55. The van der Waals surface area contributed by atoms with Gasteiger partial charge in [0.1, 0.15) is 5.75 Å². The molecule has 0 atom stereocenters. The highest BCUT2D eigenvalue weighted by Crippen LogP contribution is 2.20. The van der Waals surface area contributed by atoms with Crippen LogP contribution in [-0.4, -0.2) is 62.7 Å². The Kier molecular flexibility index (Phi) is 6.52. The van der Waals surface area contributed by atoms with E-state index >= 15 is 0 Å². The highest BCUT2D eigenvalue weighted by Gasteiger charge is 2.19. The lowest BCUT2D eigenvalue weighted by Gasteiger charge is -2.37. The molecule has 1 fully saturated rings. The van der Waals surface area contributed by atoms with Crippen molar-refractivity contribution in [1.82, 2.24) is 15.2 Å². The summed E-state index contributed by atoms with van der Waals surface area (Å²) in [6.45, 7) is 6.86. The van der Waals surface area contributed by atoms with Gasteiger partial charge in [0.2, 0.25) is 0 Å². The van der Waals surface area contributed by atoms with E-state index in [4.69, 9.17) is 4.74 Å². The fourth-order valence-corrected chi connectivity index (χ4v) is 3.39. The summed E-state index contributed by atoms with van der Waals surface area (Å²) in [6, 6.07) is 10.4. The summed E-state index contributed by atoms with van der Waals surface area (Å²) in [5.74, 6) is 1.88. The molecule has 27 heavy (non-hydrogen) atoms. The molecule has 1 saturated heterocycles. The first-order valence-corrected chi connectivity index (χ1v) is 9.45. The van der Waals surface area contributed by atoms with Crippen molar-refractivity contribution >= 4 is 11.6 Å². The normalized spacial score (nSPS) is 15.0.